The van der Waals surface area contributed by atoms with Gasteiger partial charge in [-0.1, -0.05) is 30.3 Å². The number of carbonyl (C=O) groups excluding carboxylic acids is 1. The van der Waals surface area contributed by atoms with E-state index in [0.717, 1.165) is 5.56 Å². The summed E-state index contributed by atoms with van der Waals surface area (Å²) < 4.78 is 24.0. The molecule has 0 aliphatic carbocycles. The summed E-state index contributed by atoms with van der Waals surface area (Å²) in [5.74, 6) is -0.954. The molecule has 1 aromatic carbocycles. The van der Waals surface area contributed by atoms with E-state index in [4.69, 9.17) is 5.26 Å². The van der Waals surface area contributed by atoms with Crippen LogP contribution in [0, 0.1) is 11.3 Å². The van der Waals surface area contributed by atoms with Crippen LogP contribution in [-0.4, -0.2) is 43.8 Å². The summed E-state index contributed by atoms with van der Waals surface area (Å²) in [5.41, 5.74) is 1.09. The van der Waals surface area contributed by atoms with Gasteiger partial charge in [0.1, 0.15) is 5.75 Å². The maximum Gasteiger partial charge on any atom is 0.237 e. The highest BCUT2D eigenvalue weighted by molar-refractivity contribution is 7.92. The Kier molecular flexibility index (Phi) is 7.06. The first-order chi connectivity index (χ1) is 10.4. The van der Waals surface area contributed by atoms with Gasteiger partial charge in [-0.05, 0) is 25.3 Å². The average Bonchev–Trinajstić information content (AvgIpc) is 2.47. The second-order valence-corrected chi connectivity index (χ2v) is 7.58. The zero-order valence-corrected chi connectivity index (χ0v) is 13.8. The first-order valence-electron chi connectivity index (χ1n) is 7.22. The number of nitrogens with zero attached hydrogens (tertiary/aromatic N) is 2. The van der Waals surface area contributed by atoms with E-state index in [-0.39, 0.29) is 18.2 Å². The van der Waals surface area contributed by atoms with Gasteiger partial charge in [-0.25, -0.2) is 8.42 Å². The van der Waals surface area contributed by atoms with Gasteiger partial charge in [-0.15, -0.1) is 0 Å². The van der Waals surface area contributed by atoms with Gasteiger partial charge in [-0.3, -0.25) is 4.79 Å². The molecule has 0 aliphatic heterocycles. The summed E-state index contributed by atoms with van der Waals surface area (Å²) in [5, 5.41) is 8.62. The molecule has 0 bridgehead atoms. The summed E-state index contributed by atoms with van der Waals surface area (Å²) in [7, 11) is -1.89. The Bertz CT molecular complexity index is 621. The molecule has 5 nitrogen and oxygen atoms in total. The number of aryl methyl sites for hydroxylation is 1. The van der Waals surface area contributed by atoms with Crippen LogP contribution in [0.15, 0.2) is 30.3 Å². The van der Waals surface area contributed by atoms with Crippen molar-refractivity contribution in [2.45, 2.75) is 32.2 Å². The Morgan fingerprint density at radius 1 is 1.32 bits per heavy atom. The Morgan fingerprint density at radius 3 is 2.55 bits per heavy atom. The van der Waals surface area contributed by atoms with Crippen LogP contribution in [0.5, 0.6) is 0 Å². The van der Waals surface area contributed by atoms with Crippen LogP contribution in [0.1, 0.15) is 25.3 Å². The van der Waals surface area contributed by atoms with Crippen molar-refractivity contribution in [2.24, 2.45) is 0 Å². The molecule has 0 saturated carbocycles. The minimum atomic E-state index is -3.42. The molecule has 0 aliphatic rings. The highest BCUT2D eigenvalue weighted by Gasteiger charge is 2.22. The van der Waals surface area contributed by atoms with E-state index in [2.05, 4.69) is 0 Å². The fourth-order valence-corrected chi connectivity index (χ4v) is 3.33. The summed E-state index contributed by atoms with van der Waals surface area (Å²) in [6.07, 6.45) is 1.36. The predicted molar refractivity (Wildman–Crippen MR) is 85.9 cm³/mol. The summed E-state index contributed by atoms with van der Waals surface area (Å²) in [6.45, 7) is 1.73. The lowest BCUT2D eigenvalue weighted by Gasteiger charge is -2.22. The van der Waals surface area contributed by atoms with Crippen molar-refractivity contribution in [3.63, 3.8) is 0 Å². The van der Waals surface area contributed by atoms with Crippen LogP contribution >= 0.6 is 0 Å². The van der Waals surface area contributed by atoms with E-state index in [1.165, 1.54) is 11.9 Å². The van der Waals surface area contributed by atoms with E-state index in [9.17, 15) is 13.2 Å². The number of amides is 1. The molecule has 0 spiro atoms. The maximum atomic E-state index is 12.0. The molecular formula is C16H22N2O3S. The van der Waals surface area contributed by atoms with Crippen LogP contribution in [0.3, 0.4) is 0 Å². The van der Waals surface area contributed by atoms with Gasteiger partial charge >= 0.3 is 0 Å². The number of hydrogen-bond donors (Lipinski definition) is 0. The third-order valence-corrected chi connectivity index (χ3v) is 5.15. The highest BCUT2D eigenvalue weighted by atomic mass is 32.2. The Balaban J connectivity index is 2.46. The lowest BCUT2D eigenvalue weighted by Crippen LogP contribution is -2.39. The Labute approximate surface area is 132 Å². The van der Waals surface area contributed by atoms with Crippen molar-refractivity contribution in [3.05, 3.63) is 35.9 Å². The first kappa shape index (κ1) is 18.2. The molecule has 0 saturated heterocycles. The molecule has 1 aromatic rings. The monoisotopic (exact) mass is 322 g/mol. The Hall–Kier alpha value is -1.87. The first-order valence-corrected chi connectivity index (χ1v) is 9.05. The van der Waals surface area contributed by atoms with E-state index >= 15 is 0 Å². The molecular weight excluding hydrogens is 300 g/mol. The number of nitriles is 1. The molecule has 0 N–H and O–H groups in total. The van der Waals surface area contributed by atoms with Crippen molar-refractivity contribution < 1.29 is 13.2 Å². The second-order valence-electron chi connectivity index (χ2n) is 5.40. The largest absolute Gasteiger partial charge is 0.341 e. The zero-order chi connectivity index (χ0) is 16.6. The smallest absolute Gasteiger partial charge is 0.237 e. The van der Waals surface area contributed by atoms with Crippen molar-refractivity contribution in [3.8, 4) is 6.07 Å². The van der Waals surface area contributed by atoms with Crippen LogP contribution in [-0.2, 0) is 21.1 Å². The maximum absolute atomic E-state index is 12.0. The summed E-state index contributed by atoms with van der Waals surface area (Å²) >= 11 is 0. The van der Waals surface area contributed by atoms with Gasteiger partial charge in [0.15, 0.2) is 9.84 Å². The van der Waals surface area contributed by atoms with Crippen LogP contribution in [0.2, 0.25) is 0 Å². The third-order valence-electron chi connectivity index (χ3n) is 3.55. The standard InChI is InChI=1S/C16H22N2O3S/c1-14(10-11-17)18(2)16(19)13-22(20,21)12-6-9-15-7-4-3-5-8-15/h3-5,7-8,14H,6,9-10,12-13H2,1-2H3. The van der Waals surface area contributed by atoms with Gasteiger partial charge in [0.25, 0.3) is 0 Å². The van der Waals surface area contributed by atoms with E-state index in [1.807, 2.05) is 36.4 Å². The third kappa shape index (κ3) is 6.27. The molecule has 6 heteroatoms. The van der Waals surface area contributed by atoms with Crippen molar-refractivity contribution in [1.29, 1.82) is 5.26 Å². The molecule has 22 heavy (non-hydrogen) atoms. The van der Waals surface area contributed by atoms with Gasteiger partial charge < -0.3 is 4.90 Å². The number of rotatable bonds is 8. The normalized spacial score (nSPS) is 12.4. The highest BCUT2D eigenvalue weighted by Crippen LogP contribution is 2.07. The van der Waals surface area contributed by atoms with Crippen LogP contribution in [0.4, 0.5) is 0 Å². The number of hydrogen-bond acceptors (Lipinski definition) is 4. The lowest BCUT2D eigenvalue weighted by molar-refractivity contribution is -0.128. The molecule has 0 heterocycles. The van der Waals surface area contributed by atoms with E-state index in [1.54, 1.807) is 6.92 Å². The minimum Gasteiger partial charge on any atom is -0.341 e. The van der Waals surface area contributed by atoms with Crippen molar-refractivity contribution in [2.75, 3.05) is 18.6 Å². The molecule has 0 fully saturated rings. The van der Waals surface area contributed by atoms with Crippen LogP contribution in [0.25, 0.3) is 0 Å². The minimum absolute atomic E-state index is 0.00585. The molecule has 1 unspecified atom stereocenters. The van der Waals surface area contributed by atoms with Gasteiger partial charge in [0.05, 0.1) is 18.2 Å². The Morgan fingerprint density at radius 2 is 1.95 bits per heavy atom. The van der Waals surface area contributed by atoms with Crippen molar-refractivity contribution >= 4 is 15.7 Å². The molecule has 1 amide bonds. The number of carbonyl (C=O) groups is 1. The van der Waals surface area contributed by atoms with Gasteiger partial charge in [0, 0.05) is 13.1 Å². The summed E-state index contributed by atoms with van der Waals surface area (Å²) in [6, 6.07) is 11.3. The average molecular weight is 322 g/mol. The molecule has 0 aromatic heterocycles. The fourth-order valence-electron chi connectivity index (χ4n) is 2.02. The SMILES string of the molecule is CC(CC#N)N(C)C(=O)CS(=O)(=O)CCCc1ccccc1. The molecule has 1 atom stereocenters. The molecule has 1 rings (SSSR count). The summed E-state index contributed by atoms with van der Waals surface area (Å²) in [4.78, 5) is 13.3. The number of sulfone groups is 1. The van der Waals surface area contributed by atoms with Crippen molar-refractivity contribution in [1.82, 2.24) is 4.90 Å². The lowest BCUT2D eigenvalue weighted by atomic mass is 10.1. The molecule has 0 radical (unpaired) electrons. The van der Waals surface area contributed by atoms with Gasteiger partial charge in [-0.2, -0.15) is 5.26 Å². The van der Waals surface area contributed by atoms with Crippen LogP contribution < -0.4 is 0 Å². The fraction of sp³-hybridized carbons (Fsp3) is 0.500. The molecule has 120 valence electrons. The van der Waals surface area contributed by atoms with Gasteiger partial charge in [0.2, 0.25) is 5.91 Å². The second kappa shape index (κ2) is 8.54. The number of benzene rings is 1. The quantitative estimate of drug-likeness (QED) is 0.731. The zero-order valence-electron chi connectivity index (χ0n) is 13.0. The topological polar surface area (TPSA) is 78.2 Å². The predicted octanol–water partition coefficient (Wildman–Crippen LogP) is 1.79. The van der Waals surface area contributed by atoms with E-state index in [0.29, 0.717) is 12.8 Å². The van der Waals surface area contributed by atoms with E-state index < -0.39 is 21.5 Å².